The molecule has 2 aromatic heterocycles. The maximum atomic E-state index is 15.0. The van der Waals surface area contributed by atoms with Crippen molar-refractivity contribution in [3.63, 3.8) is 0 Å². The lowest BCUT2D eigenvalue weighted by Crippen LogP contribution is -2.35. The van der Waals surface area contributed by atoms with Gasteiger partial charge in [0.1, 0.15) is 18.1 Å². The summed E-state index contributed by atoms with van der Waals surface area (Å²) in [5, 5.41) is 8.63. The number of hydrogen-bond donors (Lipinski definition) is 3. The molecule has 2 aromatic carbocycles. The van der Waals surface area contributed by atoms with E-state index in [2.05, 4.69) is 25.6 Å². The molecule has 0 aliphatic carbocycles. The minimum absolute atomic E-state index is 0.196. The van der Waals surface area contributed by atoms with Crippen molar-refractivity contribution in [2.75, 3.05) is 30.8 Å². The van der Waals surface area contributed by atoms with E-state index in [4.69, 9.17) is 4.74 Å². The number of hydrogen-bond acceptors (Lipinski definition) is 7. The highest BCUT2D eigenvalue weighted by molar-refractivity contribution is 5.87. The van der Waals surface area contributed by atoms with Gasteiger partial charge in [-0.1, -0.05) is 12.1 Å². The molecule has 1 amide bonds. The second kappa shape index (κ2) is 8.99. The number of amides is 1. The summed E-state index contributed by atoms with van der Waals surface area (Å²) < 4.78 is 48.8. The van der Waals surface area contributed by atoms with Gasteiger partial charge < -0.3 is 20.7 Å². The fraction of sp³-hybridized carbons (Fsp3) is 0.200. The number of fused-ring (bicyclic) bond motifs is 2. The highest BCUT2D eigenvalue weighted by Crippen LogP contribution is 2.37. The number of carbonyl (C=O) groups is 1. The quantitative estimate of drug-likeness (QED) is 0.375. The Bertz CT molecular complexity index is 1480. The normalized spacial score (nSPS) is 12.9. The molecule has 0 unspecified atom stereocenters. The molecule has 4 aromatic rings. The largest absolute Gasteiger partial charge is 0.474 e. The average molecular weight is 494 g/mol. The number of likely N-dealkylation sites (N-methyl/N-ethyl adjacent to an activating group) is 1. The summed E-state index contributed by atoms with van der Waals surface area (Å²) in [6.07, 6.45) is 3.04. The Hall–Kier alpha value is -4.41. The van der Waals surface area contributed by atoms with Gasteiger partial charge in [0.05, 0.1) is 5.52 Å². The van der Waals surface area contributed by atoms with Gasteiger partial charge in [0.25, 0.3) is 5.91 Å². The Labute approximate surface area is 203 Å². The van der Waals surface area contributed by atoms with Crippen LogP contribution in [0.5, 0.6) is 5.88 Å². The predicted octanol–water partition coefficient (Wildman–Crippen LogP) is 4.53. The number of rotatable bonds is 5. The SMILES string of the molecule is CNC(=O)C(F)(F)c1ccc(Nc2ncc3cc(F)c(-c4cnc5c(c4C)NCCO5)cc3n2)cc1. The molecule has 11 heteroatoms. The van der Waals surface area contributed by atoms with Crippen molar-refractivity contribution in [2.24, 2.45) is 0 Å². The summed E-state index contributed by atoms with van der Waals surface area (Å²) in [6.45, 7) is 3.01. The van der Waals surface area contributed by atoms with E-state index >= 15 is 4.39 Å². The second-order valence-corrected chi connectivity index (χ2v) is 8.19. The number of pyridine rings is 1. The number of benzene rings is 2. The van der Waals surface area contributed by atoms with Crippen LogP contribution in [0.4, 0.5) is 30.5 Å². The lowest BCUT2D eigenvalue weighted by molar-refractivity contribution is -0.146. The molecular formula is C25H21F3N6O2. The zero-order valence-corrected chi connectivity index (χ0v) is 19.3. The number of carbonyl (C=O) groups excluding carboxylic acids is 1. The van der Waals surface area contributed by atoms with Gasteiger partial charge in [0.2, 0.25) is 11.8 Å². The summed E-state index contributed by atoms with van der Waals surface area (Å²) in [7, 11) is 1.15. The lowest BCUT2D eigenvalue weighted by atomic mass is 9.99. The molecule has 0 atom stereocenters. The smallest absolute Gasteiger partial charge is 0.349 e. The summed E-state index contributed by atoms with van der Waals surface area (Å²) in [6, 6.07) is 8.06. The number of ether oxygens (including phenoxy) is 1. The fourth-order valence-electron chi connectivity index (χ4n) is 3.99. The van der Waals surface area contributed by atoms with Crippen LogP contribution in [0.2, 0.25) is 0 Å². The maximum absolute atomic E-state index is 15.0. The molecule has 0 radical (unpaired) electrons. The zero-order chi connectivity index (χ0) is 25.4. The Morgan fingerprint density at radius 1 is 1.11 bits per heavy atom. The second-order valence-electron chi connectivity index (χ2n) is 8.19. The minimum atomic E-state index is -3.65. The topological polar surface area (TPSA) is 101 Å². The zero-order valence-electron chi connectivity index (χ0n) is 19.3. The van der Waals surface area contributed by atoms with Crippen molar-refractivity contribution < 1.29 is 22.7 Å². The van der Waals surface area contributed by atoms with Crippen molar-refractivity contribution in [2.45, 2.75) is 12.8 Å². The molecule has 3 N–H and O–H groups in total. The molecule has 36 heavy (non-hydrogen) atoms. The van der Waals surface area contributed by atoms with Crippen LogP contribution in [0.1, 0.15) is 11.1 Å². The molecule has 0 bridgehead atoms. The number of halogens is 3. The minimum Gasteiger partial charge on any atom is -0.474 e. The summed E-state index contributed by atoms with van der Waals surface area (Å²) in [4.78, 5) is 24.4. The standard InChI is InChI=1S/C25H21F3N6O2/c1-13-18(12-31-22-21(13)30-7-8-36-22)17-10-20-14(9-19(17)26)11-32-24(34-20)33-16-5-3-15(4-6-16)25(27,28)23(35)29-2/h3-6,9-12,30H,7-8H2,1-2H3,(H,29,35)(H,32,33,34). The fourth-order valence-corrected chi connectivity index (χ4v) is 3.99. The van der Waals surface area contributed by atoms with E-state index in [0.29, 0.717) is 46.7 Å². The highest BCUT2D eigenvalue weighted by Gasteiger charge is 2.39. The number of nitrogens with zero attached hydrogens (tertiary/aromatic N) is 3. The number of nitrogens with one attached hydrogen (secondary N) is 3. The van der Waals surface area contributed by atoms with Crippen LogP contribution in [0, 0.1) is 12.7 Å². The molecule has 0 saturated carbocycles. The molecule has 184 valence electrons. The molecule has 0 spiro atoms. The van der Waals surface area contributed by atoms with Crippen LogP contribution in [0.25, 0.3) is 22.0 Å². The first-order valence-corrected chi connectivity index (χ1v) is 11.1. The Kier molecular flexibility index (Phi) is 5.83. The lowest BCUT2D eigenvalue weighted by Gasteiger charge is -2.21. The van der Waals surface area contributed by atoms with Gasteiger partial charge in [-0.2, -0.15) is 8.78 Å². The first-order chi connectivity index (χ1) is 17.3. The van der Waals surface area contributed by atoms with Crippen LogP contribution in [-0.2, 0) is 10.7 Å². The summed E-state index contributed by atoms with van der Waals surface area (Å²) in [5.41, 5.74) is 2.94. The van der Waals surface area contributed by atoms with Gasteiger partial charge in [-0.3, -0.25) is 4.79 Å². The third kappa shape index (κ3) is 4.12. The van der Waals surface area contributed by atoms with Gasteiger partial charge in [-0.15, -0.1) is 0 Å². The Balaban J connectivity index is 1.45. The van der Waals surface area contributed by atoms with E-state index in [1.165, 1.54) is 24.4 Å². The van der Waals surface area contributed by atoms with Crippen molar-refractivity contribution in [1.29, 1.82) is 0 Å². The highest BCUT2D eigenvalue weighted by atomic mass is 19.3. The van der Waals surface area contributed by atoms with Crippen molar-refractivity contribution in [3.05, 3.63) is 65.7 Å². The summed E-state index contributed by atoms with van der Waals surface area (Å²) >= 11 is 0. The van der Waals surface area contributed by atoms with Crippen molar-refractivity contribution >= 4 is 34.1 Å². The van der Waals surface area contributed by atoms with E-state index in [-0.39, 0.29) is 5.95 Å². The van der Waals surface area contributed by atoms with E-state index < -0.39 is 23.2 Å². The predicted molar refractivity (Wildman–Crippen MR) is 129 cm³/mol. The number of aromatic nitrogens is 3. The van der Waals surface area contributed by atoms with E-state index in [1.54, 1.807) is 12.3 Å². The van der Waals surface area contributed by atoms with Gasteiger partial charge >= 0.3 is 5.92 Å². The van der Waals surface area contributed by atoms with E-state index in [9.17, 15) is 13.6 Å². The number of alkyl halides is 2. The molecule has 5 rings (SSSR count). The van der Waals surface area contributed by atoms with Crippen LogP contribution in [0.3, 0.4) is 0 Å². The van der Waals surface area contributed by atoms with Crippen LogP contribution in [-0.4, -0.2) is 41.1 Å². The van der Waals surface area contributed by atoms with Crippen molar-refractivity contribution in [3.8, 4) is 17.0 Å². The first kappa shape index (κ1) is 23.3. The van der Waals surface area contributed by atoms with E-state index in [1.807, 2.05) is 12.2 Å². The number of anilines is 3. The third-order valence-electron chi connectivity index (χ3n) is 5.92. The van der Waals surface area contributed by atoms with Crippen molar-refractivity contribution in [1.82, 2.24) is 20.3 Å². The van der Waals surface area contributed by atoms with Gasteiger partial charge in [0.15, 0.2) is 0 Å². The maximum Gasteiger partial charge on any atom is 0.349 e. The summed E-state index contributed by atoms with van der Waals surface area (Å²) in [5.74, 6) is -4.81. The van der Waals surface area contributed by atoms with Crippen LogP contribution in [0.15, 0.2) is 48.8 Å². The third-order valence-corrected chi connectivity index (χ3v) is 5.92. The first-order valence-electron chi connectivity index (χ1n) is 11.1. The Morgan fingerprint density at radius 2 is 1.89 bits per heavy atom. The molecule has 1 aliphatic rings. The molecule has 3 heterocycles. The molecule has 1 aliphatic heterocycles. The van der Waals surface area contributed by atoms with Gasteiger partial charge in [-0.05, 0) is 36.8 Å². The molecular weight excluding hydrogens is 473 g/mol. The Morgan fingerprint density at radius 3 is 2.64 bits per heavy atom. The molecule has 0 fully saturated rings. The monoisotopic (exact) mass is 494 g/mol. The van der Waals surface area contributed by atoms with E-state index in [0.717, 1.165) is 30.4 Å². The van der Waals surface area contributed by atoms with Gasteiger partial charge in [-0.25, -0.2) is 19.3 Å². The van der Waals surface area contributed by atoms with Gasteiger partial charge in [0, 0.05) is 53.8 Å². The van der Waals surface area contributed by atoms with Crippen LogP contribution >= 0.6 is 0 Å². The van der Waals surface area contributed by atoms with Crippen LogP contribution < -0.4 is 20.7 Å². The molecule has 0 saturated heterocycles. The average Bonchev–Trinajstić information content (AvgIpc) is 2.89. The molecule has 8 nitrogen and oxygen atoms in total.